The van der Waals surface area contributed by atoms with Crippen LogP contribution in [0.25, 0.3) is 0 Å². The van der Waals surface area contributed by atoms with Crippen molar-refractivity contribution >= 4 is 0 Å². The third kappa shape index (κ3) is 4.03. The van der Waals surface area contributed by atoms with Gasteiger partial charge < -0.3 is 14.8 Å². The van der Waals surface area contributed by atoms with E-state index in [0.29, 0.717) is 11.8 Å². The third-order valence-electron chi connectivity index (χ3n) is 3.58. The second kappa shape index (κ2) is 7.20. The number of hydrogen-bond acceptors (Lipinski definition) is 4. The molecule has 0 bridgehead atoms. The average molecular weight is 284 g/mol. The summed E-state index contributed by atoms with van der Waals surface area (Å²) in [6.07, 6.45) is 2.90. The van der Waals surface area contributed by atoms with E-state index in [2.05, 4.69) is 10.3 Å². The SMILES string of the molecule is c1ccc(Oc2ncccc2CNCC2CCOC2)cc1. The van der Waals surface area contributed by atoms with E-state index in [0.717, 1.165) is 44.0 Å². The molecule has 1 saturated heterocycles. The lowest BCUT2D eigenvalue weighted by atomic mass is 10.1. The standard InChI is InChI=1S/C17H20N2O2/c1-2-6-16(7-3-1)21-17-15(5-4-9-19-17)12-18-11-14-8-10-20-13-14/h1-7,9,14,18H,8,10-13H2. The fourth-order valence-electron chi connectivity index (χ4n) is 2.41. The Morgan fingerprint density at radius 2 is 2.10 bits per heavy atom. The summed E-state index contributed by atoms with van der Waals surface area (Å²) in [4.78, 5) is 4.34. The van der Waals surface area contributed by atoms with E-state index in [4.69, 9.17) is 9.47 Å². The van der Waals surface area contributed by atoms with E-state index in [1.165, 1.54) is 0 Å². The zero-order valence-electron chi connectivity index (χ0n) is 12.0. The molecule has 1 fully saturated rings. The Kier molecular flexibility index (Phi) is 4.82. The Labute approximate surface area is 125 Å². The molecule has 3 rings (SSSR count). The van der Waals surface area contributed by atoms with E-state index >= 15 is 0 Å². The van der Waals surface area contributed by atoms with Gasteiger partial charge in [-0.3, -0.25) is 0 Å². The Hall–Kier alpha value is -1.91. The van der Waals surface area contributed by atoms with Gasteiger partial charge in [-0.25, -0.2) is 4.98 Å². The zero-order valence-corrected chi connectivity index (χ0v) is 12.0. The highest BCUT2D eigenvalue weighted by Gasteiger charge is 2.15. The van der Waals surface area contributed by atoms with E-state index < -0.39 is 0 Å². The minimum absolute atomic E-state index is 0.625. The highest BCUT2D eigenvalue weighted by atomic mass is 16.5. The van der Waals surface area contributed by atoms with Crippen molar-refractivity contribution in [1.82, 2.24) is 10.3 Å². The summed E-state index contributed by atoms with van der Waals surface area (Å²) in [6.45, 7) is 3.49. The van der Waals surface area contributed by atoms with Gasteiger partial charge >= 0.3 is 0 Å². The van der Waals surface area contributed by atoms with E-state index in [-0.39, 0.29) is 0 Å². The fraction of sp³-hybridized carbons (Fsp3) is 0.353. The molecular formula is C17H20N2O2. The van der Waals surface area contributed by atoms with E-state index in [9.17, 15) is 0 Å². The van der Waals surface area contributed by atoms with Crippen molar-refractivity contribution in [2.24, 2.45) is 5.92 Å². The maximum atomic E-state index is 5.86. The Balaban J connectivity index is 1.59. The largest absolute Gasteiger partial charge is 0.439 e. The van der Waals surface area contributed by atoms with Gasteiger partial charge in [-0.05, 0) is 30.5 Å². The molecule has 0 amide bonds. The molecule has 4 heteroatoms. The molecule has 1 aromatic carbocycles. The number of pyridine rings is 1. The Morgan fingerprint density at radius 1 is 1.19 bits per heavy atom. The van der Waals surface area contributed by atoms with Crippen molar-refractivity contribution in [2.45, 2.75) is 13.0 Å². The number of rotatable bonds is 6. The van der Waals surface area contributed by atoms with Crippen molar-refractivity contribution in [3.05, 3.63) is 54.2 Å². The zero-order chi connectivity index (χ0) is 14.3. The highest BCUT2D eigenvalue weighted by Crippen LogP contribution is 2.22. The first kappa shape index (κ1) is 14.0. The average Bonchev–Trinajstić information content (AvgIpc) is 3.03. The number of hydrogen-bond donors (Lipinski definition) is 1. The summed E-state index contributed by atoms with van der Waals surface area (Å²) < 4.78 is 11.2. The van der Waals surface area contributed by atoms with Crippen molar-refractivity contribution in [3.63, 3.8) is 0 Å². The molecule has 0 saturated carbocycles. The number of ether oxygens (including phenoxy) is 2. The van der Waals surface area contributed by atoms with Crippen molar-refractivity contribution in [2.75, 3.05) is 19.8 Å². The predicted octanol–water partition coefficient (Wildman–Crippen LogP) is 3.00. The second-order valence-corrected chi connectivity index (χ2v) is 5.24. The summed E-state index contributed by atoms with van der Waals surface area (Å²) in [5.74, 6) is 2.10. The molecular weight excluding hydrogens is 264 g/mol. The number of aromatic nitrogens is 1. The van der Waals surface area contributed by atoms with Gasteiger partial charge in [0, 0.05) is 31.5 Å². The molecule has 110 valence electrons. The lowest BCUT2D eigenvalue weighted by molar-refractivity contribution is 0.185. The molecule has 1 aromatic heterocycles. The molecule has 0 aliphatic carbocycles. The summed E-state index contributed by atoms with van der Waals surface area (Å²) in [7, 11) is 0. The molecule has 1 aliphatic rings. The first-order chi connectivity index (χ1) is 10.4. The maximum Gasteiger partial charge on any atom is 0.223 e. The van der Waals surface area contributed by atoms with Gasteiger partial charge in [0.05, 0.1) is 6.61 Å². The minimum atomic E-state index is 0.625. The van der Waals surface area contributed by atoms with Gasteiger partial charge in [-0.15, -0.1) is 0 Å². The van der Waals surface area contributed by atoms with Crippen LogP contribution in [0.1, 0.15) is 12.0 Å². The van der Waals surface area contributed by atoms with Crippen LogP contribution in [-0.2, 0) is 11.3 Å². The smallest absolute Gasteiger partial charge is 0.223 e. The summed E-state index contributed by atoms with van der Waals surface area (Å²) >= 11 is 0. The molecule has 1 N–H and O–H groups in total. The Morgan fingerprint density at radius 3 is 2.90 bits per heavy atom. The molecule has 0 radical (unpaired) electrons. The molecule has 1 aliphatic heterocycles. The topological polar surface area (TPSA) is 43.4 Å². The van der Waals surface area contributed by atoms with Gasteiger partial charge in [0.2, 0.25) is 5.88 Å². The van der Waals surface area contributed by atoms with Crippen LogP contribution in [0.2, 0.25) is 0 Å². The molecule has 4 nitrogen and oxygen atoms in total. The van der Waals surface area contributed by atoms with E-state index in [1.807, 2.05) is 42.5 Å². The van der Waals surface area contributed by atoms with Crippen molar-refractivity contribution in [1.29, 1.82) is 0 Å². The van der Waals surface area contributed by atoms with E-state index in [1.54, 1.807) is 6.20 Å². The van der Waals surface area contributed by atoms with Crippen LogP contribution in [0, 0.1) is 5.92 Å². The predicted molar refractivity (Wildman–Crippen MR) is 81.4 cm³/mol. The molecule has 1 atom stereocenters. The highest BCUT2D eigenvalue weighted by molar-refractivity contribution is 5.31. The minimum Gasteiger partial charge on any atom is -0.439 e. The van der Waals surface area contributed by atoms with Crippen LogP contribution in [0.5, 0.6) is 11.6 Å². The molecule has 2 heterocycles. The van der Waals surface area contributed by atoms with Crippen LogP contribution in [0.15, 0.2) is 48.7 Å². The third-order valence-corrected chi connectivity index (χ3v) is 3.58. The lowest BCUT2D eigenvalue weighted by Gasteiger charge is -2.12. The maximum absolute atomic E-state index is 5.86. The summed E-state index contributed by atoms with van der Waals surface area (Å²) in [6, 6.07) is 13.7. The number of nitrogens with one attached hydrogen (secondary N) is 1. The summed E-state index contributed by atoms with van der Waals surface area (Å²) in [5, 5.41) is 3.47. The van der Waals surface area contributed by atoms with Crippen LogP contribution in [0.4, 0.5) is 0 Å². The monoisotopic (exact) mass is 284 g/mol. The number of para-hydroxylation sites is 1. The van der Waals surface area contributed by atoms with Gasteiger partial charge in [0.1, 0.15) is 5.75 Å². The van der Waals surface area contributed by atoms with Gasteiger partial charge in [0.25, 0.3) is 0 Å². The normalized spacial score (nSPS) is 17.8. The van der Waals surface area contributed by atoms with Crippen LogP contribution >= 0.6 is 0 Å². The van der Waals surface area contributed by atoms with Gasteiger partial charge in [0.15, 0.2) is 0 Å². The first-order valence-electron chi connectivity index (χ1n) is 7.37. The lowest BCUT2D eigenvalue weighted by Crippen LogP contribution is -2.22. The van der Waals surface area contributed by atoms with Gasteiger partial charge in [-0.1, -0.05) is 24.3 Å². The number of nitrogens with zero attached hydrogens (tertiary/aromatic N) is 1. The molecule has 0 spiro atoms. The van der Waals surface area contributed by atoms with Crippen molar-refractivity contribution in [3.8, 4) is 11.6 Å². The van der Waals surface area contributed by atoms with Crippen molar-refractivity contribution < 1.29 is 9.47 Å². The van der Waals surface area contributed by atoms with Crippen LogP contribution in [0.3, 0.4) is 0 Å². The molecule has 21 heavy (non-hydrogen) atoms. The molecule has 2 aromatic rings. The molecule has 1 unspecified atom stereocenters. The second-order valence-electron chi connectivity index (χ2n) is 5.24. The fourth-order valence-corrected chi connectivity index (χ4v) is 2.41. The summed E-state index contributed by atoms with van der Waals surface area (Å²) in [5.41, 5.74) is 1.07. The van der Waals surface area contributed by atoms with Crippen LogP contribution < -0.4 is 10.1 Å². The Bertz CT molecular complexity index is 554. The first-order valence-corrected chi connectivity index (χ1v) is 7.37. The quantitative estimate of drug-likeness (QED) is 0.885. The van der Waals surface area contributed by atoms with Gasteiger partial charge in [-0.2, -0.15) is 0 Å². The van der Waals surface area contributed by atoms with Crippen LogP contribution in [-0.4, -0.2) is 24.7 Å². The number of benzene rings is 1.